The third-order valence-electron chi connectivity index (χ3n) is 9.66. The van der Waals surface area contributed by atoms with Crippen LogP contribution in [0, 0.1) is 13.8 Å². The molecule has 0 bridgehead atoms. The lowest BCUT2D eigenvalue weighted by atomic mass is 9.86. The van der Waals surface area contributed by atoms with Crippen LogP contribution in [-0.4, -0.2) is 51.9 Å². The maximum absolute atomic E-state index is 12.4. The van der Waals surface area contributed by atoms with Gasteiger partial charge in [-0.25, -0.2) is 4.79 Å². The fourth-order valence-corrected chi connectivity index (χ4v) is 7.71. The molecule has 0 atom stereocenters. The summed E-state index contributed by atoms with van der Waals surface area (Å²) in [7, 11) is 0. The van der Waals surface area contributed by atoms with Crippen molar-refractivity contribution in [2.45, 2.75) is 77.1 Å². The number of carbonyl (C=O) groups is 1. The van der Waals surface area contributed by atoms with E-state index >= 15 is 0 Å². The number of halogens is 3. The van der Waals surface area contributed by atoms with E-state index in [0.717, 1.165) is 65.2 Å². The maximum Gasteiger partial charge on any atom is 0.410 e. The van der Waals surface area contributed by atoms with Crippen LogP contribution in [0.2, 0.25) is 10.0 Å². The Morgan fingerprint density at radius 3 is 1.67 bits per heavy atom. The van der Waals surface area contributed by atoms with Crippen molar-refractivity contribution in [1.29, 1.82) is 0 Å². The largest absolute Gasteiger partial charge is 0.479 e. The second kappa shape index (κ2) is 12.9. The number of aryl methyl sites for hydroxylation is 2. The number of hydrogen-bond donors (Lipinski definition) is 1. The average molecular weight is 714 g/mol. The summed E-state index contributed by atoms with van der Waals surface area (Å²) in [4.78, 5) is 14.2. The molecule has 48 heavy (non-hydrogen) atoms. The number of nitrogens with one attached hydrogen (secondary N) is 1. The van der Waals surface area contributed by atoms with E-state index in [1.54, 1.807) is 4.90 Å². The zero-order valence-electron chi connectivity index (χ0n) is 28.1. The summed E-state index contributed by atoms with van der Waals surface area (Å²) in [5, 5.41) is 4.79. The van der Waals surface area contributed by atoms with E-state index in [-0.39, 0.29) is 24.1 Å². The smallest absolute Gasteiger partial charge is 0.410 e. The fourth-order valence-electron chi connectivity index (χ4n) is 7.39. The third-order valence-corrected chi connectivity index (χ3v) is 10.1. The molecule has 8 rings (SSSR count). The van der Waals surface area contributed by atoms with Crippen LogP contribution in [-0.2, 0) is 15.9 Å². The van der Waals surface area contributed by atoms with Crippen molar-refractivity contribution >= 4 is 41.7 Å². The molecule has 6 heterocycles. The molecule has 2 spiro atoms. The van der Waals surface area contributed by atoms with Crippen LogP contribution in [0.5, 0.6) is 11.5 Å². The summed E-state index contributed by atoms with van der Waals surface area (Å²) < 4.78 is 23.1. The topological polar surface area (TPSA) is 69.9 Å². The lowest BCUT2D eigenvalue weighted by Crippen LogP contribution is -2.50. The van der Waals surface area contributed by atoms with Gasteiger partial charge >= 0.3 is 6.09 Å². The van der Waals surface area contributed by atoms with Crippen molar-refractivity contribution in [2.75, 3.05) is 26.2 Å². The molecular formula is C37H43Cl3N4O4. The van der Waals surface area contributed by atoms with Gasteiger partial charge in [-0.2, -0.15) is 0 Å². The van der Waals surface area contributed by atoms with Crippen LogP contribution in [0.4, 0.5) is 4.79 Å². The first kappa shape index (κ1) is 34.6. The van der Waals surface area contributed by atoms with Crippen LogP contribution in [0.15, 0.2) is 60.7 Å². The van der Waals surface area contributed by atoms with E-state index in [2.05, 4.69) is 52.6 Å². The molecule has 2 aromatic heterocycles. The Labute approximate surface area is 298 Å². The number of amides is 1. The van der Waals surface area contributed by atoms with Gasteiger partial charge in [0.15, 0.2) is 11.2 Å². The SMILES string of the molecule is Cc1ccc2n1-c1ccc(Cl)cc1OC21CCN(C(=O)OC(C)(C)C)CC1.Cc1ccc2n1-c1ccc(Cl)cc1OC21CCNCC1.Cl. The average Bonchev–Trinajstić information content (AvgIpc) is 3.61. The Morgan fingerprint density at radius 1 is 0.750 bits per heavy atom. The van der Waals surface area contributed by atoms with Gasteiger partial charge in [0.2, 0.25) is 0 Å². The van der Waals surface area contributed by atoms with Gasteiger partial charge in [0, 0.05) is 72.3 Å². The maximum atomic E-state index is 12.4. The van der Waals surface area contributed by atoms with E-state index in [4.69, 9.17) is 37.4 Å². The van der Waals surface area contributed by atoms with Crippen LogP contribution < -0.4 is 14.8 Å². The van der Waals surface area contributed by atoms with Gasteiger partial charge in [-0.3, -0.25) is 0 Å². The predicted molar refractivity (Wildman–Crippen MR) is 192 cm³/mol. The number of aromatic nitrogens is 2. The molecule has 0 saturated carbocycles. The number of ether oxygens (including phenoxy) is 3. The lowest BCUT2D eigenvalue weighted by Gasteiger charge is -2.45. The van der Waals surface area contributed by atoms with Crippen molar-refractivity contribution in [1.82, 2.24) is 19.4 Å². The molecule has 8 nitrogen and oxygen atoms in total. The van der Waals surface area contributed by atoms with Gasteiger partial charge < -0.3 is 33.6 Å². The highest BCUT2D eigenvalue weighted by atomic mass is 35.5. The number of carbonyl (C=O) groups excluding carboxylic acids is 1. The molecule has 4 aromatic rings. The zero-order valence-corrected chi connectivity index (χ0v) is 30.4. The van der Waals surface area contributed by atoms with Gasteiger partial charge in [-0.1, -0.05) is 23.2 Å². The molecule has 2 fully saturated rings. The monoisotopic (exact) mass is 712 g/mol. The zero-order chi connectivity index (χ0) is 33.1. The minimum atomic E-state index is -0.491. The number of likely N-dealkylation sites (tertiary alicyclic amines) is 1. The standard InChI is InChI=1S/C21H25ClN2O3.C16H17ClN2O.ClH/c1-14-5-8-18-21(26-17-13-15(22)6-7-16(17)24(14)18)9-11-23(12-10-21)19(25)27-20(2,3)4;1-11-2-5-15-16(6-8-18-9-7-16)20-14-10-12(17)3-4-13(14)19(11)15;/h5-8,13H,9-12H2,1-4H3;2-5,10,18H,6-9H2,1H3;1H. The molecule has 11 heteroatoms. The van der Waals surface area contributed by atoms with E-state index in [0.29, 0.717) is 31.0 Å². The lowest BCUT2D eigenvalue weighted by molar-refractivity contribution is -0.0269. The summed E-state index contributed by atoms with van der Waals surface area (Å²) in [5.41, 5.74) is 5.75. The van der Waals surface area contributed by atoms with Crippen LogP contribution in [0.3, 0.4) is 0 Å². The first-order valence-corrected chi connectivity index (χ1v) is 17.2. The number of fused-ring (bicyclic) bond motifs is 8. The van der Waals surface area contributed by atoms with Crippen molar-refractivity contribution in [3.63, 3.8) is 0 Å². The van der Waals surface area contributed by atoms with E-state index in [1.165, 1.54) is 11.4 Å². The van der Waals surface area contributed by atoms with Gasteiger partial charge in [0.05, 0.1) is 22.8 Å². The highest BCUT2D eigenvalue weighted by molar-refractivity contribution is 6.31. The molecule has 0 unspecified atom stereocenters. The van der Waals surface area contributed by atoms with Crippen molar-refractivity contribution < 1.29 is 19.0 Å². The Hall–Kier alpha value is -3.30. The van der Waals surface area contributed by atoms with Crippen LogP contribution >= 0.6 is 35.6 Å². The molecular weight excluding hydrogens is 671 g/mol. The first-order valence-electron chi connectivity index (χ1n) is 16.4. The Bertz CT molecular complexity index is 1830. The first-order chi connectivity index (χ1) is 22.4. The Kier molecular flexibility index (Phi) is 9.26. The molecule has 1 N–H and O–H groups in total. The van der Waals surface area contributed by atoms with Crippen LogP contribution in [0.1, 0.15) is 69.2 Å². The molecule has 256 valence electrons. The van der Waals surface area contributed by atoms with Crippen molar-refractivity contribution in [3.05, 3.63) is 93.5 Å². The van der Waals surface area contributed by atoms with E-state index in [1.807, 2.05) is 57.2 Å². The number of hydrogen-bond acceptors (Lipinski definition) is 5. The van der Waals surface area contributed by atoms with E-state index < -0.39 is 11.2 Å². The summed E-state index contributed by atoms with van der Waals surface area (Å²) in [5.74, 6) is 1.69. The third kappa shape index (κ3) is 6.17. The van der Waals surface area contributed by atoms with Gasteiger partial charge in [-0.15, -0.1) is 12.4 Å². The van der Waals surface area contributed by atoms with Gasteiger partial charge in [0.25, 0.3) is 0 Å². The quantitative estimate of drug-likeness (QED) is 0.197. The summed E-state index contributed by atoms with van der Waals surface area (Å²) >= 11 is 12.4. The normalized spacial score (nSPS) is 18.1. The molecule has 1 amide bonds. The number of piperidine rings is 2. The molecule has 2 aromatic carbocycles. The number of benzene rings is 2. The Balaban J connectivity index is 0.000000170. The minimum absolute atomic E-state index is 0. The van der Waals surface area contributed by atoms with Crippen molar-refractivity contribution in [3.8, 4) is 22.9 Å². The van der Waals surface area contributed by atoms with Crippen LogP contribution in [0.25, 0.3) is 11.4 Å². The second-order valence-corrected chi connectivity index (χ2v) is 14.9. The summed E-state index contributed by atoms with van der Waals surface area (Å²) in [6.07, 6.45) is 3.14. The van der Waals surface area contributed by atoms with Crippen molar-refractivity contribution in [2.24, 2.45) is 0 Å². The number of rotatable bonds is 0. The summed E-state index contributed by atoms with van der Waals surface area (Å²) in [6.45, 7) is 13.0. The fraction of sp³-hybridized carbons (Fsp3) is 0.432. The highest BCUT2D eigenvalue weighted by Gasteiger charge is 2.46. The van der Waals surface area contributed by atoms with Gasteiger partial charge in [-0.05, 0) is 96.2 Å². The summed E-state index contributed by atoms with van der Waals surface area (Å²) in [6, 6.07) is 20.3. The molecule has 4 aliphatic heterocycles. The highest BCUT2D eigenvalue weighted by Crippen LogP contribution is 2.47. The van der Waals surface area contributed by atoms with Gasteiger partial charge in [0.1, 0.15) is 17.1 Å². The molecule has 4 aliphatic rings. The molecule has 0 radical (unpaired) electrons. The molecule has 0 aliphatic carbocycles. The predicted octanol–water partition coefficient (Wildman–Crippen LogP) is 8.89. The van der Waals surface area contributed by atoms with E-state index in [9.17, 15) is 4.79 Å². The Morgan fingerprint density at radius 2 is 1.21 bits per heavy atom. The number of nitrogens with zero attached hydrogens (tertiary/aromatic N) is 3. The minimum Gasteiger partial charge on any atom is -0.479 e. The molecule has 2 saturated heterocycles. The second-order valence-electron chi connectivity index (χ2n) is 14.0.